The lowest BCUT2D eigenvalue weighted by Gasteiger charge is -2.10. The predicted molar refractivity (Wildman–Crippen MR) is 79.5 cm³/mol. The van der Waals surface area contributed by atoms with Crippen LogP contribution in [0.3, 0.4) is 0 Å². The van der Waals surface area contributed by atoms with Crippen molar-refractivity contribution in [1.82, 2.24) is 10.3 Å². The highest BCUT2D eigenvalue weighted by molar-refractivity contribution is 9.09. The van der Waals surface area contributed by atoms with Gasteiger partial charge in [-0.15, -0.1) is 0 Å². The maximum Gasteiger partial charge on any atom is 0.270 e. The van der Waals surface area contributed by atoms with Crippen molar-refractivity contribution >= 4 is 32.6 Å². The monoisotopic (exact) mass is 318 g/mol. The Labute approximate surface area is 120 Å². The van der Waals surface area contributed by atoms with Crippen molar-refractivity contribution in [1.29, 1.82) is 0 Å². The van der Waals surface area contributed by atoms with Gasteiger partial charge in [0.25, 0.3) is 5.91 Å². The maximum absolute atomic E-state index is 12.2. The van der Waals surface area contributed by atoms with Gasteiger partial charge in [-0.2, -0.15) is 0 Å². The van der Waals surface area contributed by atoms with Crippen LogP contribution in [0.5, 0.6) is 0 Å². The molecule has 1 aliphatic rings. The van der Waals surface area contributed by atoms with Gasteiger partial charge < -0.3 is 5.32 Å². The fraction of sp³-hybridized carbons (Fsp3) is 0.333. The zero-order valence-electron chi connectivity index (χ0n) is 10.5. The third-order valence-electron chi connectivity index (χ3n) is 3.48. The van der Waals surface area contributed by atoms with Gasteiger partial charge in [0.05, 0.1) is 0 Å². The van der Waals surface area contributed by atoms with Crippen LogP contribution in [0.2, 0.25) is 0 Å². The van der Waals surface area contributed by atoms with Crippen molar-refractivity contribution in [3.05, 3.63) is 42.2 Å². The highest BCUT2D eigenvalue weighted by Gasteiger charge is 2.29. The summed E-state index contributed by atoms with van der Waals surface area (Å²) in [4.78, 5) is 16.8. The summed E-state index contributed by atoms with van der Waals surface area (Å²) in [6.07, 6.45) is 4.21. The molecule has 19 heavy (non-hydrogen) atoms. The van der Waals surface area contributed by atoms with Gasteiger partial charge in [0.15, 0.2) is 0 Å². The Morgan fingerprint density at radius 3 is 2.95 bits per heavy atom. The third kappa shape index (κ3) is 2.78. The van der Waals surface area contributed by atoms with E-state index in [9.17, 15) is 4.79 Å². The normalized spacial score (nSPS) is 16.3. The molecule has 0 radical (unpaired) electrons. The van der Waals surface area contributed by atoms with Crippen LogP contribution in [0.4, 0.5) is 0 Å². The molecule has 1 atom stereocenters. The molecule has 98 valence electrons. The van der Waals surface area contributed by atoms with E-state index in [2.05, 4.69) is 26.2 Å². The molecule has 3 nitrogen and oxygen atoms in total. The highest BCUT2D eigenvalue weighted by Crippen LogP contribution is 2.36. The Balaban J connectivity index is 1.77. The maximum atomic E-state index is 12.2. The molecule has 1 unspecified atom stereocenters. The Kier molecular flexibility index (Phi) is 3.51. The quantitative estimate of drug-likeness (QED) is 0.880. The number of hydrogen-bond acceptors (Lipinski definition) is 2. The molecule has 0 spiro atoms. The van der Waals surface area contributed by atoms with Crippen molar-refractivity contribution in [2.75, 3.05) is 6.54 Å². The summed E-state index contributed by atoms with van der Waals surface area (Å²) in [6.45, 7) is 0.661. The van der Waals surface area contributed by atoms with Crippen LogP contribution in [0, 0.1) is 5.92 Å². The minimum Gasteiger partial charge on any atom is -0.350 e. The molecule has 0 saturated heterocycles. The number of nitrogens with one attached hydrogen (secondary N) is 1. The standard InChI is InChI=1S/C15H15BrN2O/c16-13(11-5-6-11)9-18-15(19)14-12-4-2-1-3-10(12)7-8-17-14/h1-4,7-8,11,13H,5-6,9H2,(H,18,19). The molecule has 4 heteroatoms. The summed E-state index contributed by atoms with van der Waals surface area (Å²) in [6, 6.07) is 9.74. The lowest BCUT2D eigenvalue weighted by atomic mass is 10.1. The fourth-order valence-electron chi connectivity index (χ4n) is 2.20. The van der Waals surface area contributed by atoms with E-state index in [0.29, 0.717) is 17.1 Å². The van der Waals surface area contributed by atoms with Crippen molar-refractivity contribution in [2.24, 2.45) is 5.92 Å². The van der Waals surface area contributed by atoms with Crippen LogP contribution in [0.25, 0.3) is 10.8 Å². The number of amides is 1. The lowest BCUT2D eigenvalue weighted by molar-refractivity contribution is 0.0950. The van der Waals surface area contributed by atoms with Crippen LogP contribution < -0.4 is 5.32 Å². The first-order chi connectivity index (χ1) is 9.25. The lowest BCUT2D eigenvalue weighted by Crippen LogP contribution is -2.31. The molecule has 1 aromatic heterocycles. The number of aromatic nitrogens is 1. The smallest absolute Gasteiger partial charge is 0.270 e. The number of pyridine rings is 1. The van der Waals surface area contributed by atoms with E-state index < -0.39 is 0 Å². The van der Waals surface area contributed by atoms with E-state index in [1.54, 1.807) is 6.20 Å². The van der Waals surface area contributed by atoms with E-state index in [1.165, 1.54) is 12.8 Å². The van der Waals surface area contributed by atoms with Gasteiger partial charge in [0.2, 0.25) is 0 Å². The molecular weight excluding hydrogens is 304 g/mol. The van der Waals surface area contributed by atoms with E-state index in [-0.39, 0.29) is 5.91 Å². The number of hydrogen-bond donors (Lipinski definition) is 1. The molecule has 0 bridgehead atoms. The molecule has 0 aliphatic heterocycles. The Bertz CT molecular complexity index is 605. The molecule has 3 rings (SSSR count). The minimum absolute atomic E-state index is 0.0955. The molecule has 1 fully saturated rings. The largest absolute Gasteiger partial charge is 0.350 e. The van der Waals surface area contributed by atoms with Gasteiger partial charge in [0, 0.05) is 23.0 Å². The average molecular weight is 319 g/mol. The summed E-state index contributed by atoms with van der Waals surface area (Å²) >= 11 is 3.62. The molecule has 1 aliphatic carbocycles. The highest BCUT2D eigenvalue weighted by atomic mass is 79.9. The number of carbonyl (C=O) groups excluding carboxylic acids is 1. The molecule has 1 heterocycles. The summed E-state index contributed by atoms with van der Waals surface area (Å²) in [5, 5.41) is 4.91. The number of halogens is 1. The second-order valence-electron chi connectivity index (χ2n) is 4.94. The Hall–Kier alpha value is -1.42. The van der Waals surface area contributed by atoms with Gasteiger partial charge >= 0.3 is 0 Å². The second kappa shape index (κ2) is 5.29. The third-order valence-corrected chi connectivity index (χ3v) is 4.55. The SMILES string of the molecule is O=C(NCC(Br)C1CC1)c1nccc2ccccc12. The van der Waals surface area contributed by atoms with Crippen LogP contribution in [0.1, 0.15) is 23.3 Å². The molecule has 1 amide bonds. The summed E-state index contributed by atoms with van der Waals surface area (Å²) in [5.41, 5.74) is 0.508. The second-order valence-corrected chi connectivity index (χ2v) is 6.12. The summed E-state index contributed by atoms with van der Waals surface area (Å²) in [5.74, 6) is 0.627. The summed E-state index contributed by atoms with van der Waals surface area (Å²) < 4.78 is 0. The van der Waals surface area contributed by atoms with Crippen LogP contribution in [-0.2, 0) is 0 Å². The molecule has 1 aromatic carbocycles. The van der Waals surface area contributed by atoms with Gasteiger partial charge in [-0.3, -0.25) is 9.78 Å². The van der Waals surface area contributed by atoms with Crippen LogP contribution in [0.15, 0.2) is 36.5 Å². The van der Waals surface area contributed by atoms with Gasteiger partial charge in [-0.1, -0.05) is 40.2 Å². The van der Waals surface area contributed by atoms with Crippen molar-refractivity contribution < 1.29 is 4.79 Å². The zero-order chi connectivity index (χ0) is 13.2. The predicted octanol–water partition coefficient (Wildman–Crippen LogP) is 3.14. The van der Waals surface area contributed by atoms with Crippen molar-refractivity contribution in [3.63, 3.8) is 0 Å². The van der Waals surface area contributed by atoms with Gasteiger partial charge in [-0.05, 0) is 30.2 Å². The van der Waals surface area contributed by atoms with E-state index in [4.69, 9.17) is 0 Å². The van der Waals surface area contributed by atoms with E-state index in [0.717, 1.165) is 16.7 Å². The number of rotatable bonds is 4. The minimum atomic E-state index is -0.0955. The first-order valence-corrected chi connectivity index (χ1v) is 7.43. The Morgan fingerprint density at radius 1 is 1.37 bits per heavy atom. The van der Waals surface area contributed by atoms with Crippen LogP contribution >= 0.6 is 15.9 Å². The fourth-order valence-corrected chi connectivity index (χ4v) is 2.89. The van der Waals surface area contributed by atoms with E-state index >= 15 is 0 Å². The number of carbonyl (C=O) groups is 1. The molecular formula is C15H15BrN2O. The van der Waals surface area contributed by atoms with Crippen LogP contribution in [-0.4, -0.2) is 22.3 Å². The first-order valence-electron chi connectivity index (χ1n) is 6.52. The van der Waals surface area contributed by atoms with Gasteiger partial charge in [-0.25, -0.2) is 0 Å². The summed E-state index contributed by atoms with van der Waals surface area (Å²) in [7, 11) is 0. The first kappa shape index (κ1) is 12.6. The average Bonchev–Trinajstić information content (AvgIpc) is 3.28. The number of nitrogens with zero attached hydrogens (tertiary/aromatic N) is 1. The molecule has 2 aromatic rings. The topological polar surface area (TPSA) is 42.0 Å². The molecule has 1 N–H and O–H groups in total. The number of benzene rings is 1. The van der Waals surface area contributed by atoms with Gasteiger partial charge in [0.1, 0.15) is 5.69 Å². The molecule has 1 saturated carbocycles. The number of fused-ring (bicyclic) bond motifs is 1. The Morgan fingerprint density at radius 2 is 2.16 bits per heavy atom. The van der Waals surface area contributed by atoms with Crippen molar-refractivity contribution in [3.8, 4) is 0 Å². The van der Waals surface area contributed by atoms with Crippen molar-refractivity contribution in [2.45, 2.75) is 17.7 Å². The van der Waals surface area contributed by atoms with E-state index in [1.807, 2.05) is 30.3 Å². The zero-order valence-corrected chi connectivity index (χ0v) is 12.1. The number of alkyl halides is 1.